The number of pyridine rings is 1. The SMILES string of the molecule is Cc1[nH]ncc1CNc1nc2c(C)cccn2n1. The van der Waals surface area contributed by atoms with Crippen LogP contribution < -0.4 is 5.32 Å². The highest BCUT2D eigenvalue weighted by Crippen LogP contribution is 2.11. The summed E-state index contributed by atoms with van der Waals surface area (Å²) >= 11 is 0. The molecular formula is C12H14N6. The van der Waals surface area contributed by atoms with Gasteiger partial charge in [0.25, 0.3) is 0 Å². The quantitative estimate of drug-likeness (QED) is 0.733. The molecule has 3 aromatic rings. The molecule has 0 unspecified atom stereocenters. The Morgan fingerprint density at radius 3 is 3.00 bits per heavy atom. The Kier molecular flexibility index (Phi) is 2.47. The number of nitrogens with zero attached hydrogens (tertiary/aromatic N) is 4. The van der Waals surface area contributed by atoms with Gasteiger partial charge in [-0.15, -0.1) is 5.10 Å². The van der Waals surface area contributed by atoms with Crippen LogP contribution in [-0.4, -0.2) is 24.8 Å². The maximum atomic E-state index is 4.45. The van der Waals surface area contributed by atoms with Crippen molar-refractivity contribution in [3.8, 4) is 0 Å². The second-order valence-corrected chi connectivity index (χ2v) is 4.27. The molecule has 92 valence electrons. The van der Waals surface area contributed by atoms with Crippen LogP contribution in [0, 0.1) is 13.8 Å². The van der Waals surface area contributed by atoms with Crippen LogP contribution in [0.3, 0.4) is 0 Å². The van der Waals surface area contributed by atoms with Gasteiger partial charge in [-0.3, -0.25) is 5.10 Å². The summed E-state index contributed by atoms with van der Waals surface area (Å²) in [5, 5.41) is 14.5. The molecule has 3 aromatic heterocycles. The van der Waals surface area contributed by atoms with E-state index in [1.54, 1.807) is 4.52 Å². The van der Waals surface area contributed by atoms with Crippen molar-refractivity contribution in [3.63, 3.8) is 0 Å². The summed E-state index contributed by atoms with van der Waals surface area (Å²) in [6.45, 7) is 4.68. The van der Waals surface area contributed by atoms with Crippen LogP contribution in [0.2, 0.25) is 0 Å². The molecule has 0 aromatic carbocycles. The van der Waals surface area contributed by atoms with E-state index in [2.05, 4.69) is 25.6 Å². The topological polar surface area (TPSA) is 70.9 Å². The average Bonchev–Trinajstić information content (AvgIpc) is 2.93. The van der Waals surface area contributed by atoms with Gasteiger partial charge < -0.3 is 5.32 Å². The van der Waals surface area contributed by atoms with Crippen molar-refractivity contribution in [2.24, 2.45) is 0 Å². The monoisotopic (exact) mass is 242 g/mol. The highest BCUT2D eigenvalue weighted by molar-refractivity contribution is 5.49. The highest BCUT2D eigenvalue weighted by Gasteiger charge is 2.06. The Morgan fingerprint density at radius 2 is 2.28 bits per heavy atom. The lowest BCUT2D eigenvalue weighted by atomic mass is 10.3. The number of hydrogen-bond acceptors (Lipinski definition) is 4. The predicted octanol–water partition coefficient (Wildman–Crippen LogP) is 1.68. The first kappa shape index (κ1) is 10.8. The standard InChI is InChI=1S/C12H14N6/c1-8-4-3-5-18-11(8)15-12(17-18)13-6-10-7-14-16-9(10)2/h3-5,7H,6H2,1-2H3,(H,13,17)(H,14,16). The van der Waals surface area contributed by atoms with Crippen molar-refractivity contribution in [2.75, 3.05) is 5.32 Å². The minimum atomic E-state index is 0.630. The van der Waals surface area contributed by atoms with Gasteiger partial charge in [-0.05, 0) is 25.5 Å². The Labute approximate surface area is 104 Å². The minimum Gasteiger partial charge on any atom is -0.349 e. The summed E-state index contributed by atoms with van der Waals surface area (Å²) in [6.07, 6.45) is 3.70. The molecule has 2 N–H and O–H groups in total. The number of nitrogens with one attached hydrogen (secondary N) is 2. The Morgan fingerprint density at radius 1 is 1.39 bits per heavy atom. The van der Waals surface area contributed by atoms with Crippen LogP contribution in [0.15, 0.2) is 24.5 Å². The zero-order valence-corrected chi connectivity index (χ0v) is 10.3. The van der Waals surface area contributed by atoms with E-state index in [0.717, 1.165) is 22.5 Å². The molecule has 6 heteroatoms. The first-order valence-electron chi connectivity index (χ1n) is 5.79. The molecule has 0 bridgehead atoms. The molecule has 6 nitrogen and oxygen atoms in total. The van der Waals surface area contributed by atoms with E-state index in [9.17, 15) is 0 Å². The van der Waals surface area contributed by atoms with E-state index in [-0.39, 0.29) is 0 Å². The van der Waals surface area contributed by atoms with Gasteiger partial charge in [0.2, 0.25) is 5.95 Å². The molecule has 0 amide bonds. The largest absolute Gasteiger partial charge is 0.349 e. The molecule has 0 radical (unpaired) electrons. The molecule has 0 aliphatic heterocycles. The Balaban J connectivity index is 1.83. The van der Waals surface area contributed by atoms with Gasteiger partial charge in [0.1, 0.15) is 0 Å². The van der Waals surface area contributed by atoms with E-state index >= 15 is 0 Å². The summed E-state index contributed by atoms with van der Waals surface area (Å²) in [4.78, 5) is 4.45. The lowest BCUT2D eigenvalue weighted by Crippen LogP contribution is -2.01. The van der Waals surface area contributed by atoms with Crippen LogP contribution in [0.5, 0.6) is 0 Å². The second-order valence-electron chi connectivity index (χ2n) is 4.27. The molecule has 0 saturated carbocycles. The van der Waals surface area contributed by atoms with Crippen molar-refractivity contribution >= 4 is 11.6 Å². The van der Waals surface area contributed by atoms with Crippen LogP contribution in [-0.2, 0) is 6.54 Å². The molecule has 0 aliphatic carbocycles. The van der Waals surface area contributed by atoms with Gasteiger partial charge in [0, 0.05) is 24.0 Å². The van der Waals surface area contributed by atoms with Crippen LogP contribution >= 0.6 is 0 Å². The fraction of sp³-hybridized carbons (Fsp3) is 0.250. The first-order chi connectivity index (χ1) is 8.74. The van der Waals surface area contributed by atoms with Crippen LogP contribution in [0.4, 0.5) is 5.95 Å². The molecule has 0 atom stereocenters. The highest BCUT2D eigenvalue weighted by atomic mass is 15.3. The molecule has 18 heavy (non-hydrogen) atoms. The van der Waals surface area contributed by atoms with Gasteiger partial charge in [0.15, 0.2) is 5.65 Å². The first-order valence-corrected chi connectivity index (χ1v) is 5.79. The minimum absolute atomic E-state index is 0.630. The van der Waals surface area contributed by atoms with Gasteiger partial charge in [-0.2, -0.15) is 10.1 Å². The lowest BCUT2D eigenvalue weighted by molar-refractivity contribution is 0.945. The molecule has 0 spiro atoms. The van der Waals surface area contributed by atoms with Gasteiger partial charge in [0.05, 0.1) is 6.20 Å². The molecule has 0 fully saturated rings. The number of aryl methyl sites for hydroxylation is 2. The summed E-state index contributed by atoms with van der Waals surface area (Å²) < 4.78 is 1.78. The fourth-order valence-corrected chi connectivity index (χ4v) is 1.84. The third kappa shape index (κ3) is 1.81. The number of rotatable bonds is 3. The summed E-state index contributed by atoms with van der Waals surface area (Å²) in [5.74, 6) is 0.630. The van der Waals surface area contributed by atoms with Crippen LogP contribution in [0.25, 0.3) is 5.65 Å². The normalized spacial score (nSPS) is 11.0. The molecular weight excluding hydrogens is 228 g/mol. The van der Waals surface area contributed by atoms with Crippen molar-refractivity contribution < 1.29 is 0 Å². The van der Waals surface area contributed by atoms with Crippen molar-refractivity contribution in [3.05, 3.63) is 41.3 Å². The maximum absolute atomic E-state index is 4.45. The van der Waals surface area contributed by atoms with Gasteiger partial charge in [-0.1, -0.05) is 6.07 Å². The zero-order valence-electron chi connectivity index (χ0n) is 10.3. The smallest absolute Gasteiger partial charge is 0.243 e. The Bertz CT molecular complexity index is 681. The number of aromatic nitrogens is 5. The maximum Gasteiger partial charge on any atom is 0.243 e. The third-order valence-electron chi connectivity index (χ3n) is 2.93. The van der Waals surface area contributed by atoms with Crippen molar-refractivity contribution in [2.45, 2.75) is 20.4 Å². The number of H-pyrrole nitrogens is 1. The van der Waals surface area contributed by atoms with Gasteiger partial charge in [-0.25, -0.2) is 4.52 Å². The molecule has 0 aliphatic rings. The zero-order chi connectivity index (χ0) is 12.5. The number of hydrogen-bond donors (Lipinski definition) is 2. The summed E-state index contributed by atoms with van der Waals surface area (Å²) in [6, 6.07) is 3.98. The molecule has 3 heterocycles. The molecule has 3 rings (SSSR count). The summed E-state index contributed by atoms with van der Waals surface area (Å²) in [7, 11) is 0. The molecule has 0 saturated heterocycles. The van der Waals surface area contributed by atoms with E-state index in [1.807, 2.05) is 38.4 Å². The summed E-state index contributed by atoms with van der Waals surface area (Å²) in [5.41, 5.74) is 4.16. The van der Waals surface area contributed by atoms with E-state index in [0.29, 0.717) is 12.5 Å². The lowest BCUT2D eigenvalue weighted by Gasteiger charge is -1.99. The van der Waals surface area contributed by atoms with Gasteiger partial charge >= 0.3 is 0 Å². The number of aromatic amines is 1. The number of anilines is 1. The van der Waals surface area contributed by atoms with E-state index in [4.69, 9.17) is 0 Å². The van der Waals surface area contributed by atoms with E-state index in [1.165, 1.54) is 0 Å². The van der Waals surface area contributed by atoms with Crippen LogP contribution in [0.1, 0.15) is 16.8 Å². The third-order valence-corrected chi connectivity index (χ3v) is 2.93. The van der Waals surface area contributed by atoms with Crippen molar-refractivity contribution in [1.82, 2.24) is 24.8 Å². The van der Waals surface area contributed by atoms with E-state index < -0.39 is 0 Å². The number of fused-ring (bicyclic) bond motifs is 1. The van der Waals surface area contributed by atoms with Crippen molar-refractivity contribution in [1.29, 1.82) is 0 Å². The second kappa shape index (κ2) is 4.14. The predicted molar refractivity (Wildman–Crippen MR) is 68.4 cm³/mol. The Hall–Kier alpha value is -2.37. The average molecular weight is 242 g/mol. The fourth-order valence-electron chi connectivity index (χ4n) is 1.84.